The van der Waals surface area contributed by atoms with Crippen molar-refractivity contribution in [2.75, 3.05) is 13.7 Å². The number of hydrogen-bond acceptors (Lipinski definition) is 2. The lowest BCUT2D eigenvalue weighted by Crippen LogP contribution is -2.23. The molecule has 1 amide bonds. The molecule has 0 aromatic heterocycles. The lowest BCUT2D eigenvalue weighted by atomic mass is 9.97. The monoisotopic (exact) mass is 259 g/mol. The smallest absolute Gasteiger partial charge is 0.243 e. The zero-order chi connectivity index (χ0) is 13.7. The highest BCUT2D eigenvalue weighted by molar-refractivity contribution is 5.87. The Hall–Kier alpha value is -1.77. The van der Waals surface area contributed by atoms with Crippen LogP contribution in [0.4, 0.5) is 0 Å². The number of carbonyl (C=O) groups excluding carboxylic acids is 1. The number of carbonyl (C=O) groups is 1. The van der Waals surface area contributed by atoms with Gasteiger partial charge in [0.25, 0.3) is 0 Å². The minimum atomic E-state index is -0.00800. The Labute approximate surface area is 114 Å². The van der Waals surface area contributed by atoms with Crippen molar-refractivity contribution in [3.8, 4) is 5.75 Å². The number of hydrogen-bond donors (Lipinski definition) is 1. The Bertz CT molecular complexity index is 480. The van der Waals surface area contributed by atoms with E-state index in [-0.39, 0.29) is 5.91 Å². The van der Waals surface area contributed by atoms with Crippen LogP contribution in [0.25, 0.3) is 0 Å². The number of benzene rings is 1. The van der Waals surface area contributed by atoms with E-state index in [1.165, 1.54) is 17.5 Å². The lowest BCUT2D eigenvalue weighted by molar-refractivity contribution is -0.116. The van der Waals surface area contributed by atoms with E-state index >= 15 is 0 Å². The third kappa shape index (κ3) is 3.37. The molecule has 0 saturated heterocycles. The molecular formula is C16H21NO2. The molecule has 2 rings (SSSR count). The van der Waals surface area contributed by atoms with Gasteiger partial charge in [0.2, 0.25) is 5.91 Å². The van der Waals surface area contributed by atoms with E-state index in [1.807, 2.05) is 13.0 Å². The summed E-state index contributed by atoms with van der Waals surface area (Å²) in [5.74, 6) is 1.45. The molecule has 1 aliphatic rings. The van der Waals surface area contributed by atoms with Crippen LogP contribution in [0.15, 0.2) is 30.4 Å². The van der Waals surface area contributed by atoms with E-state index in [4.69, 9.17) is 4.74 Å². The average Bonchev–Trinajstić information content (AvgIpc) is 2.81. The van der Waals surface area contributed by atoms with Gasteiger partial charge in [-0.2, -0.15) is 0 Å². The van der Waals surface area contributed by atoms with Crippen LogP contribution in [-0.4, -0.2) is 19.6 Å². The van der Waals surface area contributed by atoms with Crippen molar-refractivity contribution in [3.05, 3.63) is 41.5 Å². The Morgan fingerprint density at radius 2 is 2.37 bits per heavy atom. The molecule has 0 aliphatic heterocycles. The molecule has 19 heavy (non-hydrogen) atoms. The number of methoxy groups -OCH3 is 1. The molecule has 0 fully saturated rings. The maximum atomic E-state index is 11.3. The molecule has 1 aliphatic carbocycles. The van der Waals surface area contributed by atoms with E-state index in [2.05, 4.69) is 17.4 Å². The number of amides is 1. The number of fused-ring (bicyclic) bond motifs is 1. The van der Waals surface area contributed by atoms with Gasteiger partial charge in [-0.05, 0) is 61.4 Å². The molecular weight excluding hydrogens is 238 g/mol. The molecule has 1 atom stereocenters. The molecule has 0 bridgehead atoms. The molecule has 0 saturated carbocycles. The fourth-order valence-corrected chi connectivity index (χ4v) is 2.67. The summed E-state index contributed by atoms with van der Waals surface area (Å²) in [5, 5.41) is 2.91. The molecule has 0 heterocycles. The van der Waals surface area contributed by atoms with Crippen molar-refractivity contribution in [3.63, 3.8) is 0 Å². The second-order valence-corrected chi connectivity index (χ2v) is 4.88. The number of ether oxygens (including phenoxy) is 1. The lowest BCUT2D eigenvalue weighted by Gasteiger charge is -2.12. The van der Waals surface area contributed by atoms with E-state index in [1.54, 1.807) is 19.3 Å². The number of rotatable bonds is 5. The average molecular weight is 259 g/mol. The molecule has 1 aromatic carbocycles. The minimum absolute atomic E-state index is 0.00800. The van der Waals surface area contributed by atoms with Crippen molar-refractivity contribution in [1.29, 1.82) is 0 Å². The van der Waals surface area contributed by atoms with Crippen LogP contribution in [0, 0.1) is 0 Å². The first-order chi connectivity index (χ1) is 9.24. The third-order valence-corrected chi connectivity index (χ3v) is 3.67. The van der Waals surface area contributed by atoms with Gasteiger partial charge in [0, 0.05) is 6.54 Å². The SMILES string of the molecule is C/C=C/C(=O)NCCC1CCc2ccc(OC)cc21. The van der Waals surface area contributed by atoms with Crippen molar-refractivity contribution >= 4 is 5.91 Å². The van der Waals surface area contributed by atoms with Crippen molar-refractivity contribution in [1.82, 2.24) is 5.32 Å². The molecule has 0 spiro atoms. The summed E-state index contributed by atoms with van der Waals surface area (Å²) < 4.78 is 5.28. The van der Waals surface area contributed by atoms with Gasteiger partial charge in [-0.25, -0.2) is 0 Å². The second kappa shape index (κ2) is 6.41. The van der Waals surface area contributed by atoms with Crippen molar-refractivity contribution in [2.45, 2.75) is 32.1 Å². The molecule has 1 N–H and O–H groups in total. The molecule has 0 radical (unpaired) electrons. The Morgan fingerprint density at radius 1 is 1.53 bits per heavy atom. The molecule has 102 valence electrons. The van der Waals surface area contributed by atoms with Crippen LogP contribution in [0.5, 0.6) is 5.75 Å². The first-order valence-corrected chi connectivity index (χ1v) is 6.82. The fraction of sp³-hybridized carbons (Fsp3) is 0.438. The van der Waals surface area contributed by atoms with E-state index in [0.29, 0.717) is 5.92 Å². The normalized spacial score (nSPS) is 17.5. The van der Waals surface area contributed by atoms with Crippen LogP contribution >= 0.6 is 0 Å². The van der Waals surface area contributed by atoms with Gasteiger partial charge in [0.15, 0.2) is 0 Å². The van der Waals surface area contributed by atoms with Gasteiger partial charge in [0.1, 0.15) is 5.75 Å². The fourth-order valence-electron chi connectivity index (χ4n) is 2.67. The molecule has 1 unspecified atom stereocenters. The van der Waals surface area contributed by atoms with Gasteiger partial charge in [-0.1, -0.05) is 12.1 Å². The molecule has 3 heteroatoms. The van der Waals surface area contributed by atoms with Crippen LogP contribution in [0.3, 0.4) is 0 Å². The molecule has 3 nitrogen and oxygen atoms in total. The summed E-state index contributed by atoms with van der Waals surface area (Å²) in [5.41, 5.74) is 2.81. The van der Waals surface area contributed by atoms with Crippen molar-refractivity contribution < 1.29 is 9.53 Å². The van der Waals surface area contributed by atoms with Gasteiger partial charge >= 0.3 is 0 Å². The highest BCUT2D eigenvalue weighted by atomic mass is 16.5. The first-order valence-electron chi connectivity index (χ1n) is 6.82. The maximum absolute atomic E-state index is 11.3. The zero-order valence-corrected chi connectivity index (χ0v) is 11.6. The summed E-state index contributed by atoms with van der Waals surface area (Å²) in [6.45, 7) is 2.57. The van der Waals surface area contributed by atoms with Gasteiger partial charge in [-0.15, -0.1) is 0 Å². The predicted octanol–water partition coefficient (Wildman–Crippen LogP) is 2.81. The predicted molar refractivity (Wildman–Crippen MR) is 76.5 cm³/mol. The quantitative estimate of drug-likeness (QED) is 0.826. The summed E-state index contributed by atoms with van der Waals surface area (Å²) in [4.78, 5) is 11.3. The van der Waals surface area contributed by atoms with E-state index < -0.39 is 0 Å². The molecule has 1 aromatic rings. The Balaban J connectivity index is 1.92. The van der Waals surface area contributed by atoms with Crippen LogP contribution in [0.1, 0.15) is 36.8 Å². The van der Waals surface area contributed by atoms with Crippen LogP contribution < -0.4 is 10.1 Å². The third-order valence-electron chi connectivity index (χ3n) is 3.67. The summed E-state index contributed by atoms with van der Waals surface area (Å²) in [6, 6.07) is 6.32. The minimum Gasteiger partial charge on any atom is -0.497 e. The standard InChI is InChI=1S/C16H21NO2/c1-3-4-16(18)17-10-9-13-6-5-12-7-8-14(19-2)11-15(12)13/h3-4,7-8,11,13H,5-6,9-10H2,1-2H3,(H,17,18)/b4-3+. The van der Waals surface area contributed by atoms with Gasteiger partial charge in [0.05, 0.1) is 7.11 Å². The number of nitrogens with one attached hydrogen (secondary N) is 1. The highest BCUT2D eigenvalue weighted by Gasteiger charge is 2.22. The van der Waals surface area contributed by atoms with Gasteiger partial charge in [-0.3, -0.25) is 4.79 Å². The second-order valence-electron chi connectivity index (χ2n) is 4.88. The topological polar surface area (TPSA) is 38.3 Å². The summed E-state index contributed by atoms with van der Waals surface area (Å²) >= 11 is 0. The van der Waals surface area contributed by atoms with Crippen LogP contribution in [-0.2, 0) is 11.2 Å². The Kier molecular flexibility index (Phi) is 4.61. The van der Waals surface area contributed by atoms with E-state index in [0.717, 1.165) is 25.1 Å². The zero-order valence-electron chi connectivity index (χ0n) is 11.6. The maximum Gasteiger partial charge on any atom is 0.243 e. The first kappa shape index (κ1) is 13.7. The summed E-state index contributed by atoms with van der Waals surface area (Å²) in [6.07, 6.45) is 6.61. The largest absolute Gasteiger partial charge is 0.497 e. The highest BCUT2D eigenvalue weighted by Crippen LogP contribution is 2.37. The van der Waals surface area contributed by atoms with Crippen molar-refractivity contribution in [2.24, 2.45) is 0 Å². The summed E-state index contributed by atoms with van der Waals surface area (Å²) in [7, 11) is 1.70. The van der Waals surface area contributed by atoms with Crippen LogP contribution in [0.2, 0.25) is 0 Å². The van der Waals surface area contributed by atoms with E-state index in [9.17, 15) is 4.79 Å². The Morgan fingerprint density at radius 3 is 3.11 bits per heavy atom. The van der Waals surface area contributed by atoms with Gasteiger partial charge < -0.3 is 10.1 Å². The number of aryl methyl sites for hydroxylation is 1. The number of allylic oxidation sites excluding steroid dienone is 1.